The van der Waals surface area contributed by atoms with E-state index < -0.39 is 6.10 Å². The molecule has 2 rings (SSSR count). The van der Waals surface area contributed by atoms with Crippen molar-refractivity contribution in [3.63, 3.8) is 0 Å². The Balaban J connectivity index is 2.04. The maximum absolute atomic E-state index is 12.0. The number of urea groups is 1. The SMILES string of the molecule is Cc1nccc(NC(=O)N2CCC[C@H](O)C2)c1Br. The topological polar surface area (TPSA) is 65.5 Å². The molecule has 0 radical (unpaired) electrons. The molecular formula is C12H16BrN3O2. The van der Waals surface area contributed by atoms with E-state index in [1.54, 1.807) is 17.2 Å². The lowest BCUT2D eigenvalue weighted by atomic mass is 10.1. The average Bonchev–Trinajstić information content (AvgIpc) is 2.35. The van der Waals surface area contributed by atoms with Crippen molar-refractivity contribution in [1.29, 1.82) is 0 Å². The predicted molar refractivity (Wildman–Crippen MR) is 72.5 cm³/mol. The van der Waals surface area contributed by atoms with Crippen LogP contribution in [0.5, 0.6) is 0 Å². The summed E-state index contributed by atoms with van der Waals surface area (Å²) in [5, 5.41) is 12.4. The van der Waals surface area contributed by atoms with Crippen molar-refractivity contribution in [3.8, 4) is 0 Å². The number of β-amino-alcohol motifs (C(OH)–C–C–N with tert-alkyl or cyclic N) is 1. The van der Waals surface area contributed by atoms with Gasteiger partial charge in [-0.05, 0) is 41.8 Å². The van der Waals surface area contributed by atoms with E-state index in [1.807, 2.05) is 6.92 Å². The molecule has 2 N–H and O–H groups in total. The van der Waals surface area contributed by atoms with Crippen LogP contribution in [0.3, 0.4) is 0 Å². The zero-order valence-corrected chi connectivity index (χ0v) is 11.8. The first-order valence-corrected chi connectivity index (χ1v) is 6.72. The lowest BCUT2D eigenvalue weighted by Crippen LogP contribution is -2.44. The van der Waals surface area contributed by atoms with Gasteiger partial charge < -0.3 is 15.3 Å². The van der Waals surface area contributed by atoms with Gasteiger partial charge in [0.05, 0.1) is 22.0 Å². The maximum atomic E-state index is 12.0. The minimum Gasteiger partial charge on any atom is -0.391 e. The summed E-state index contributed by atoms with van der Waals surface area (Å²) in [6.07, 6.45) is 2.85. The number of piperidine rings is 1. The molecule has 6 heteroatoms. The van der Waals surface area contributed by atoms with E-state index in [0.717, 1.165) is 23.0 Å². The van der Waals surface area contributed by atoms with Crippen LogP contribution >= 0.6 is 15.9 Å². The standard InChI is InChI=1S/C12H16BrN3O2/c1-8-11(13)10(4-5-14-8)15-12(18)16-6-2-3-9(17)7-16/h4-5,9,17H,2-3,6-7H2,1H3,(H,14,15,18)/t9-/m0/s1. The van der Waals surface area contributed by atoms with Crippen LogP contribution in [0.15, 0.2) is 16.7 Å². The van der Waals surface area contributed by atoms with Gasteiger partial charge in [0.1, 0.15) is 0 Å². The molecule has 18 heavy (non-hydrogen) atoms. The molecule has 0 unspecified atom stereocenters. The van der Waals surface area contributed by atoms with Crippen molar-refractivity contribution in [2.45, 2.75) is 25.9 Å². The molecule has 1 aromatic heterocycles. The highest BCUT2D eigenvalue weighted by Gasteiger charge is 2.22. The first-order chi connectivity index (χ1) is 8.58. The van der Waals surface area contributed by atoms with E-state index in [2.05, 4.69) is 26.2 Å². The number of nitrogens with one attached hydrogen (secondary N) is 1. The van der Waals surface area contributed by atoms with Gasteiger partial charge >= 0.3 is 6.03 Å². The van der Waals surface area contributed by atoms with Crippen LogP contribution in [0.2, 0.25) is 0 Å². The number of carbonyl (C=O) groups is 1. The Morgan fingerprint density at radius 2 is 2.44 bits per heavy atom. The number of amides is 2. The normalized spacial score (nSPS) is 19.7. The summed E-state index contributed by atoms with van der Waals surface area (Å²) in [6.45, 7) is 2.95. The molecule has 1 fully saturated rings. The van der Waals surface area contributed by atoms with Crippen LogP contribution < -0.4 is 5.32 Å². The smallest absolute Gasteiger partial charge is 0.321 e. The third-order valence-electron chi connectivity index (χ3n) is 2.99. The molecule has 1 aliphatic heterocycles. The zero-order chi connectivity index (χ0) is 13.1. The van der Waals surface area contributed by atoms with Crippen LogP contribution in [0.4, 0.5) is 10.5 Å². The Hall–Kier alpha value is -1.14. The van der Waals surface area contributed by atoms with Gasteiger partial charge in [-0.3, -0.25) is 4.98 Å². The fraction of sp³-hybridized carbons (Fsp3) is 0.500. The Morgan fingerprint density at radius 3 is 3.17 bits per heavy atom. The van der Waals surface area contributed by atoms with Gasteiger partial charge in [0.2, 0.25) is 0 Å². The number of hydrogen-bond acceptors (Lipinski definition) is 3. The lowest BCUT2D eigenvalue weighted by Gasteiger charge is -2.30. The van der Waals surface area contributed by atoms with Crippen molar-refractivity contribution >= 4 is 27.6 Å². The Bertz CT molecular complexity index is 453. The van der Waals surface area contributed by atoms with Crippen LogP contribution in [-0.2, 0) is 0 Å². The number of hydrogen-bond donors (Lipinski definition) is 2. The van der Waals surface area contributed by atoms with Crippen molar-refractivity contribution in [3.05, 3.63) is 22.4 Å². The van der Waals surface area contributed by atoms with E-state index in [4.69, 9.17) is 0 Å². The van der Waals surface area contributed by atoms with Crippen LogP contribution in [0.25, 0.3) is 0 Å². The van der Waals surface area contributed by atoms with E-state index in [1.165, 1.54) is 0 Å². The van der Waals surface area contributed by atoms with E-state index in [9.17, 15) is 9.90 Å². The van der Waals surface area contributed by atoms with Crippen molar-refractivity contribution < 1.29 is 9.90 Å². The zero-order valence-electron chi connectivity index (χ0n) is 10.2. The highest BCUT2D eigenvalue weighted by molar-refractivity contribution is 9.10. The number of aryl methyl sites for hydroxylation is 1. The number of anilines is 1. The monoisotopic (exact) mass is 313 g/mol. The number of aliphatic hydroxyl groups excluding tert-OH is 1. The van der Waals surface area contributed by atoms with E-state index in [-0.39, 0.29) is 6.03 Å². The maximum Gasteiger partial charge on any atom is 0.321 e. The van der Waals surface area contributed by atoms with Gasteiger partial charge in [0, 0.05) is 19.3 Å². The molecule has 0 aliphatic carbocycles. The Kier molecular flexibility index (Phi) is 4.19. The van der Waals surface area contributed by atoms with Crippen molar-refractivity contribution in [1.82, 2.24) is 9.88 Å². The van der Waals surface area contributed by atoms with Gasteiger partial charge in [-0.25, -0.2) is 4.79 Å². The molecule has 98 valence electrons. The average molecular weight is 314 g/mol. The second-order valence-corrected chi connectivity index (χ2v) is 5.22. The summed E-state index contributed by atoms with van der Waals surface area (Å²) in [7, 11) is 0. The number of nitrogens with zero attached hydrogens (tertiary/aromatic N) is 2. The van der Waals surface area contributed by atoms with Gasteiger partial charge in [0.15, 0.2) is 0 Å². The fourth-order valence-electron chi connectivity index (χ4n) is 1.98. The molecule has 1 atom stereocenters. The molecule has 1 aliphatic rings. The number of likely N-dealkylation sites (tertiary alicyclic amines) is 1. The van der Waals surface area contributed by atoms with E-state index >= 15 is 0 Å². The second kappa shape index (κ2) is 5.67. The van der Waals surface area contributed by atoms with Crippen LogP contribution in [0, 0.1) is 6.92 Å². The number of aromatic nitrogens is 1. The minimum absolute atomic E-state index is 0.181. The van der Waals surface area contributed by atoms with Crippen molar-refractivity contribution in [2.24, 2.45) is 0 Å². The van der Waals surface area contributed by atoms with E-state index in [0.29, 0.717) is 18.8 Å². The number of halogens is 1. The molecule has 2 amide bonds. The highest BCUT2D eigenvalue weighted by atomic mass is 79.9. The first kappa shape index (κ1) is 13.3. The Morgan fingerprint density at radius 1 is 1.67 bits per heavy atom. The van der Waals surface area contributed by atoms with Gasteiger partial charge in [-0.15, -0.1) is 0 Å². The van der Waals surface area contributed by atoms with Gasteiger partial charge in [0.25, 0.3) is 0 Å². The predicted octanol–water partition coefficient (Wildman–Crippen LogP) is 2.14. The summed E-state index contributed by atoms with van der Waals surface area (Å²) in [5.74, 6) is 0. The first-order valence-electron chi connectivity index (χ1n) is 5.93. The molecule has 2 heterocycles. The number of pyridine rings is 1. The summed E-state index contributed by atoms with van der Waals surface area (Å²) in [4.78, 5) is 17.8. The Labute approximate surface area is 114 Å². The van der Waals surface area contributed by atoms with Crippen LogP contribution in [-0.4, -0.2) is 40.2 Å². The molecule has 5 nitrogen and oxygen atoms in total. The number of aliphatic hydroxyl groups is 1. The summed E-state index contributed by atoms with van der Waals surface area (Å²) in [6, 6.07) is 1.56. The van der Waals surface area contributed by atoms with Crippen LogP contribution in [0.1, 0.15) is 18.5 Å². The third kappa shape index (κ3) is 3.00. The minimum atomic E-state index is -0.410. The summed E-state index contributed by atoms with van der Waals surface area (Å²) < 4.78 is 0.788. The number of rotatable bonds is 1. The lowest BCUT2D eigenvalue weighted by molar-refractivity contribution is 0.0883. The third-order valence-corrected chi connectivity index (χ3v) is 3.99. The summed E-state index contributed by atoms with van der Waals surface area (Å²) >= 11 is 3.40. The molecule has 0 spiro atoms. The molecular weight excluding hydrogens is 298 g/mol. The van der Waals surface area contributed by atoms with Crippen molar-refractivity contribution in [2.75, 3.05) is 18.4 Å². The molecule has 0 saturated carbocycles. The molecule has 1 saturated heterocycles. The highest BCUT2D eigenvalue weighted by Crippen LogP contribution is 2.24. The molecule has 1 aromatic rings. The molecule has 0 bridgehead atoms. The fourth-order valence-corrected chi connectivity index (χ4v) is 2.31. The second-order valence-electron chi connectivity index (χ2n) is 4.43. The summed E-state index contributed by atoms with van der Waals surface area (Å²) in [5.41, 5.74) is 1.53. The number of carbonyl (C=O) groups excluding carboxylic acids is 1. The van der Waals surface area contributed by atoms with Gasteiger partial charge in [-0.2, -0.15) is 0 Å². The largest absolute Gasteiger partial charge is 0.391 e. The van der Waals surface area contributed by atoms with Gasteiger partial charge in [-0.1, -0.05) is 0 Å². The quantitative estimate of drug-likeness (QED) is 0.835. The molecule has 0 aromatic carbocycles.